The summed E-state index contributed by atoms with van der Waals surface area (Å²) in [5, 5.41) is 8.97. The lowest BCUT2D eigenvalue weighted by Crippen LogP contribution is -2.33. The second kappa shape index (κ2) is 3.59. The first-order chi connectivity index (χ1) is 7.12. The highest BCUT2D eigenvalue weighted by molar-refractivity contribution is 5.42. The SMILES string of the molecule is CO[C@@H]1[C@H](OO)c2ccccc2C1(C)C. The fraction of sp³-hybridized carbons (Fsp3) is 0.500. The van der Waals surface area contributed by atoms with Gasteiger partial charge in [-0.05, 0) is 11.1 Å². The van der Waals surface area contributed by atoms with Crippen LogP contribution in [0.4, 0.5) is 0 Å². The molecule has 0 saturated heterocycles. The Kier molecular flexibility index (Phi) is 2.54. The van der Waals surface area contributed by atoms with Crippen LogP contribution in [0.25, 0.3) is 0 Å². The van der Waals surface area contributed by atoms with Gasteiger partial charge in [-0.25, -0.2) is 4.89 Å². The van der Waals surface area contributed by atoms with Gasteiger partial charge in [-0.1, -0.05) is 38.1 Å². The maximum atomic E-state index is 8.97. The maximum Gasteiger partial charge on any atom is 0.145 e. The molecule has 0 spiro atoms. The number of ether oxygens (including phenoxy) is 1. The minimum atomic E-state index is -0.388. The monoisotopic (exact) mass is 208 g/mol. The van der Waals surface area contributed by atoms with Gasteiger partial charge in [0.2, 0.25) is 0 Å². The first-order valence-electron chi connectivity index (χ1n) is 5.05. The molecule has 82 valence electrons. The predicted molar refractivity (Wildman–Crippen MR) is 56.7 cm³/mol. The van der Waals surface area contributed by atoms with Crippen LogP contribution in [0.2, 0.25) is 0 Å². The van der Waals surface area contributed by atoms with Gasteiger partial charge in [0.05, 0.1) is 6.10 Å². The Balaban J connectivity index is 2.54. The van der Waals surface area contributed by atoms with Crippen LogP contribution in [0, 0.1) is 0 Å². The molecule has 1 aliphatic rings. The molecule has 0 saturated carbocycles. The topological polar surface area (TPSA) is 38.7 Å². The maximum absolute atomic E-state index is 8.97. The van der Waals surface area contributed by atoms with E-state index in [1.807, 2.05) is 18.2 Å². The molecule has 0 aromatic heterocycles. The van der Waals surface area contributed by atoms with Gasteiger partial charge in [0.25, 0.3) is 0 Å². The lowest BCUT2D eigenvalue weighted by molar-refractivity contribution is -0.303. The van der Waals surface area contributed by atoms with Crippen molar-refractivity contribution in [2.24, 2.45) is 0 Å². The Bertz CT molecular complexity index is 360. The summed E-state index contributed by atoms with van der Waals surface area (Å²) in [7, 11) is 1.64. The average molecular weight is 208 g/mol. The summed E-state index contributed by atoms with van der Waals surface area (Å²) in [6.45, 7) is 4.19. The van der Waals surface area contributed by atoms with Crippen LogP contribution in [0.1, 0.15) is 31.1 Å². The molecule has 15 heavy (non-hydrogen) atoms. The normalized spacial score (nSPS) is 27.7. The van der Waals surface area contributed by atoms with E-state index in [0.29, 0.717) is 0 Å². The van der Waals surface area contributed by atoms with Crippen molar-refractivity contribution >= 4 is 0 Å². The number of hydrogen-bond donors (Lipinski definition) is 1. The molecule has 1 aliphatic carbocycles. The van der Waals surface area contributed by atoms with Gasteiger partial charge in [0, 0.05) is 12.5 Å². The van der Waals surface area contributed by atoms with Gasteiger partial charge in [-0.2, -0.15) is 0 Å². The van der Waals surface area contributed by atoms with Crippen LogP contribution in [0.15, 0.2) is 24.3 Å². The summed E-state index contributed by atoms with van der Waals surface area (Å²) in [5.41, 5.74) is 2.05. The fourth-order valence-electron chi connectivity index (χ4n) is 2.56. The molecule has 3 nitrogen and oxygen atoms in total. The molecule has 3 heteroatoms. The zero-order valence-electron chi connectivity index (χ0n) is 9.23. The zero-order chi connectivity index (χ0) is 11.1. The largest absolute Gasteiger partial charge is 0.377 e. The average Bonchev–Trinajstić information content (AvgIpc) is 2.46. The lowest BCUT2D eigenvalue weighted by Gasteiger charge is -2.28. The minimum Gasteiger partial charge on any atom is -0.377 e. The van der Waals surface area contributed by atoms with Gasteiger partial charge < -0.3 is 4.74 Å². The van der Waals surface area contributed by atoms with Gasteiger partial charge in [0.1, 0.15) is 6.10 Å². The molecular formula is C12H16O3. The molecular weight excluding hydrogens is 192 g/mol. The molecule has 1 N–H and O–H groups in total. The summed E-state index contributed by atoms with van der Waals surface area (Å²) in [6, 6.07) is 7.96. The Hall–Kier alpha value is -0.900. The third kappa shape index (κ3) is 1.39. The summed E-state index contributed by atoms with van der Waals surface area (Å²) in [4.78, 5) is 4.55. The van der Waals surface area contributed by atoms with Crippen molar-refractivity contribution in [1.29, 1.82) is 0 Å². The first kappa shape index (κ1) is 10.6. The molecule has 2 rings (SSSR count). The highest BCUT2D eigenvalue weighted by Crippen LogP contribution is 2.47. The van der Waals surface area contributed by atoms with Crippen LogP contribution in [-0.4, -0.2) is 18.5 Å². The summed E-state index contributed by atoms with van der Waals surface area (Å²) in [6.07, 6.45) is -0.541. The van der Waals surface area contributed by atoms with Crippen LogP contribution >= 0.6 is 0 Å². The standard InChI is InChI=1S/C12H16O3/c1-12(2)9-7-5-4-6-8(9)10(15-13)11(12)14-3/h4-7,10-11,13H,1-3H3/t10-,11-/m1/s1. The second-order valence-electron chi connectivity index (χ2n) is 4.49. The van der Waals surface area contributed by atoms with Crippen molar-refractivity contribution in [3.63, 3.8) is 0 Å². The highest BCUT2D eigenvalue weighted by Gasteiger charge is 2.47. The van der Waals surface area contributed by atoms with E-state index in [4.69, 9.17) is 9.99 Å². The molecule has 0 fully saturated rings. The van der Waals surface area contributed by atoms with E-state index in [9.17, 15) is 0 Å². The van der Waals surface area contributed by atoms with Gasteiger partial charge >= 0.3 is 0 Å². The second-order valence-corrected chi connectivity index (χ2v) is 4.49. The number of fused-ring (bicyclic) bond motifs is 1. The van der Waals surface area contributed by atoms with Gasteiger partial charge in [0.15, 0.2) is 0 Å². The van der Waals surface area contributed by atoms with Gasteiger partial charge in [-0.15, -0.1) is 0 Å². The lowest BCUT2D eigenvalue weighted by atomic mass is 9.84. The van der Waals surface area contributed by atoms with Crippen molar-refractivity contribution in [2.45, 2.75) is 31.5 Å². The molecule has 0 amide bonds. The van der Waals surface area contributed by atoms with E-state index in [1.54, 1.807) is 7.11 Å². The minimum absolute atomic E-state index is 0.140. The Morgan fingerprint density at radius 1 is 1.27 bits per heavy atom. The van der Waals surface area contributed by atoms with Crippen LogP contribution in [0.3, 0.4) is 0 Å². The number of rotatable bonds is 2. The smallest absolute Gasteiger partial charge is 0.145 e. The molecule has 0 radical (unpaired) electrons. The molecule has 1 aromatic rings. The summed E-state index contributed by atoms with van der Waals surface area (Å²) in [5.74, 6) is 0. The number of hydrogen-bond acceptors (Lipinski definition) is 3. The molecule has 0 unspecified atom stereocenters. The van der Waals surface area contributed by atoms with Crippen molar-refractivity contribution in [1.82, 2.24) is 0 Å². The quantitative estimate of drug-likeness (QED) is 0.599. The molecule has 0 bridgehead atoms. The third-order valence-corrected chi connectivity index (χ3v) is 3.32. The highest BCUT2D eigenvalue weighted by atomic mass is 17.1. The number of methoxy groups -OCH3 is 1. The van der Waals surface area contributed by atoms with Crippen molar-refractivity contribution in [3.8, 4) is 0 Å². The first-order valence-corrected chi connectivity index (χ1v) is 5.05. The van der Waals surface area contributed by atoms with E-state index in [1.165, 1.54) is 5.56 Å². The molecule has 2 atom stereocenters. The van der Waals surface area contributed by atoms with Crippen LogP contribution in [-0.2, 0) is 15.0 Å². The van der Waals surface area contributed by atoms with Crippen molar-refractivity contribution < 1.29 is 14.9 Å². The van der Waals surface area contributed by atoms with E-state index in [0.717, 1.165) is 5.56 Å². The summed E-state index contributed by atoms with van der Waals surface area (Å²) >= 11 is 0. The molecule has 1 aromatic carbocycles. The van der Waals surface area contributed by atoms with E-state index >= 15 is 0 Å². The Morgan fingerprint density at radius 3 is 2.53 bits per heavy atom. The van der Waals surface area contributed by atoms with E-state index in [2.05, 4.69) is 24.8 Å². The van der Waals surface area contributed by atoms with Crippen molar-refractivity contribution in [3.05, 3.63) is 35.4 Å². The summed E-state index contributed by atoms with van der Waals surface area (Å²) < 4.78 is 5.43. The van der Waals surface area contributed by atoms with Crippen molar-refractivity contribution in [2.75, 3.05) is 7.11 Å². The van der Waals surface area contributed by atoms with Crippen LogP contribution < -0.4 is 0 Å². The van der Waals surface area contributed by atoms with Gasteiger partial charge in [-0.3, -0.25) is 5.26 Å². The third-order valence-electron chi connectivity index (χ3n) is 3.32. The molecule has 0 aliphatic heterocycles. The Labute approximate surface area is 89.6 Å². The van der Waals surface area contributed by atoms with E-state index in [-0.39, 0.29) is 17.6 Å². The van der Waals surface area contributed by atoms with E-state index < -0.39 is 0 Å². The fourth-order valence-corrected chi connectivity index (χ4v) is 2.56. The Morgan fingerprint density at radius 2 is 1.93 bits per heavy atom. The number of benzene rings is 1. The molecule has 0 heterocycles. The zero-order valence-corrected chi connectivity index (χ0v) is 9.23. The van der Waals surface area contributed by atoms with Crippen LogP contribution in [0.5, 0.6) is 0 Å². The predicted octanol–water partition coefficient (Wildman–Crippen LogP) is 2.52.